The first-order valence-electron chi connectivity index (χ1n) is 11.4. The summed E-state index contributed by atoms with van der Waals surface area (Å²) in [6, 6.07) is 5.69. The van der Waals surface area contributed by atoms with Gasteiger partial charge in [-0.3, -0.25) is 20.1 Å². The van der Waals surface area contributed by atoms with Gasteiger partial charge in [-0.25, -0.2) is 9.37 Å². The molecular weight excluding hydrogens is 479 g/mol. The predicted molar refractivity (Wildman–Crippen MR) is 138 cm³/mol. The highest BCUT2D eigenvalue weighted by molar-refractivity contribution is 7.13. The smallest absolute Gasteiger partial charge is 0.161 e. The number of hydrogen-bond donors (Lipinski definition) is 4. The van der Waals surface area contributed by atoms with E-state index in [9.17, 15) is 5.11 Å². The summed E-state index contributed by atoms with van der Waals surface area (Å²) >= 11 is 1.60. The van der Waals surface area contributed by atoms with Crippen molar-refractivity contribution >= 4 is 39.0 Å². The fourth-order valence-corrected chi connectivity index (χ4v) is 4.93. The Kier molecular flexibility index (Phi) is 5.62. The molecule has 0 spiro atoms. The fourth-order valence-electron chi connectivity index (χ4n) is 4.19. The van der Waals surface area contributed by atoms with E-state index < -0.39 is 12.0 Å². The molecule has 4 N–H and O–H groups in total. The van der Waals surface area contributed by atoms with Crippen LogP contribution in [-0.2, 0) is 0 Å². The number of fused-ring (bicyclic) bond motifs is 2. The third kappa shape index (κ3) is 3.88. The minimum absolute atomic E-state index is 0.128. The van der Waals surface area contributed by atoms with Gasteiger partial charge in [-0.05, 0) is 23.9 Å². The van der Waals surface area contributed by atoms with Crippen molar-refractivity contribution in [2.45, 2.75) is 26.0 Å². The number of aliphatic hydroxyl groups excluding tert-OH is 1. The minimum atomic E-state index is -0.713. The van der Waals surface area contributed by atoms with Gasteiger partial charge in [0.05, 0.1) is 40.7 Å². The van der Waals surface area contributed by atoms with Crippen LogP contribution in [0.4, 0.5) is 10.1 Å². The molecule has 0 bridgehead atoms. The molecule has 6 aromatic rings. The van der Waals surface area contributed by atoms with Gasteiger partial charge in [-0.2, -0.15) is 5.10 Å². The van der Waals surface area contributed by atoms with Gasteiger partial charge in [0.2, 0.25) is 0 Å². The zero-order valence-electron chi connectivity index (χ0n) is 19.2. The number of nitrogens with zero attached hydrogens (tertiary/aromatic N) is 5. The normalized spacial score (nSPS) is 12.4. The molecule has 6 aromatic heterocycles. The van der Waals surface area contributed by atoms with Crippen LogP contribution >= 0.6 is 11.3 Å². The quantitative estimate of drug-likeness (QED) is 0.217. The maximum Gasteiger partial charge on any atom is 0.161 e. The Morgan fingerprint density at radius 1 is 1.11 bits per heavy atom. The van der Waals surface area contributed by atoms with Gasteiger partial charge in [0, 0.05) is 28.4 Å². The molecule has 0 radical (unpaired) electrons. The molecular formula is C25H21FN8OS. The number of aromatic nitrogens is 7. The van der Waals surface area contributed by atoms with Crippen LogP contribution in [0.2, 0.25) is 0 Å². The Hall–Kier alpha value is -4.22. The average molecular weight is 501 g/mol. The van der Waals surface area contributed by atoms with Gasteiger partial charge in [-0.15, -0.1) is 11.3 Å². The molecule has 1 unspecified atom stereocenters. The number of hydrogen-bond acceptors (Lipinski definition) is 8. The van der Waals surface area contributed by atoms with E-state index in [1.165, 1.54) is 12.4 Å². The van der Waals surface area contributed by atoms with E-state index in [1.54, 1.807) is 36.0 Å². The summed E-state index contributed by atoms with van der Waals surface area (Å²) in [5, 5.41) is 22.5. The number of pyridine rings is 3. The van der Waals surface area contributed by atoms with E-state index in [1.807, 2.05) is 24.4 Å². The summed E-state index contributed by atoms with van der Waals surface area (Å²) in [4.78, 5) is 21.9. The number of halogens is 1. The molecule has 9 nitrogen and oxygen atoms in total. The number of thiophene rings is 1. The van der Waals surface area contributed by atoms with Crippen LogP contribution in [0.15, 0.2) is 54.6 Å². The largest absolute Gasteiger partial charge is 0.374 e. The molecule has 0 aromatic carbocycles. The number of anilines is 1. The molecule has 1 atom stereocenters. The van der Waals surface area contributed by atoms with Crippen LogP contribution in [0.1, 0.15) is 19.8 Å². The van der Waals surface area contributed by atoms with Crippen LogP contribution in [0.3, 0.4) is 0 Å². The van der Waals surface area contributed by atoms with E-state index in [0.29, 0.717) is 34.7 Å². The van der Waals surface area contributed by atoms with Crippen molar-refractivity contribution in [3.8, 4) is 33.2 Å². The van der Waals surface area contributed by atoms with Gasteiger partial charge < -0.3 is 15.4 Å². The van der Waals surface area contributed by atoms with Crippen molar-refractivity contribution in [1.29, 1.82) is 0 Å². The predicted octanol–water partition coefficient (Wildman–Crippen LogP) is 5.36. The molecule has 36 heavy (non-hydrogen) atoms. The summed E-state index contributed by atoms with van der Waals surface area (Å²) in [6.07, 6.45) is 8.82. The number of nitrogens with one attached hydrogen (secondary N) is 3. The average Bonchev–Trinajstić information content (AvgIpc) is 3.63. The lowest BCUT2D eigenvalue weighted by Crippen LogP contribution is -2.18. The summed E-state index contributed by atoms with van der Waals surface area (Å²) in [6.45, 7) is 1.98. The van der Waals surface area contributed by atoms with Crippen LogP contribution in [0.5, 0.6) is 0 Å². The molecule has 0 amide bonds. The van der Waals surface area contributed by atoms with Crippen molar-refractivity contribution in [2.24, 2.45) is 0 Å². The Balaban J connectivity index is 1.44. The topological polar surface area (TPSA) is 128 Å². The Morgan fingerprint density at radius 2 is 2.00 bits per heavy atom. The lowest BCUT2D eigenvalue weighted by molar-refractivity contribution is 0.192. The van der Waals surface area contributed by atoms with Crippen molar-refractivity contribution in [2.75, 3.05) is 5.32 Å². The first-order valence-corrected chi connectivity index (χ1v) is 12.3. The van der Waals surface area contributed by atoms with Crippen LogP contribution < -0.4 is 5.32 Å². The maximum absolute atomic E-state index is 15.9. The van der Waals surface area contributed by atoms with Crippen LogP contribution in [0.25, 0.3) is 55.2 Å². The molecule has 0 aliphatic carbocycles. The standard InChI is InChI=1S/C25H21FN8OS/c1-2-4-19(35)30-14-7-13(8-27-9-14)22-21(26)20-16(12-29-22)33-34-24(20)25-31-17-11-28-10-15(23(17)32-25)18-5-3-6-36-18/h3,5-12,19,30,35H,2,4H2,1H3,(H,31,32)(H,33,34). The van der Waals surface area contributed by atoms with Crippen molar-refractivity contribution in [3.63, 3.8) is 0 Å². The first-order chi connectivity index (χ1) is 17.6. The second-order valence-corrected chi connectivity index (χ2v) is 9.29. The highest BCUT2D eigenvalue weighted by Gasteiger charge is 2.21. The lowest BCUT2D eigenvalue weighted by atomic mass is 10.1. The van der Waals surface area contributed by atoms with E-state index in [0.717, 1.165) is 27.9 Å². The van der Waals surface area contributed by atoms with Crippen molar-refractivity contribution in [1.82, 2.24) is 35.1 Å². The Labute approximate surface area is 208 Å². The summed E-state index contributed by atoms with van der Waals surface area (Å²) in [7, 11) is 0. The zero-order valence-corrected chi connectivity index (χ0v) is 20.0. The van der Waals surface area contributed by atoms with Crippen LogP contribution in [-0.4, -0.2) is 46.5 Å². The third-order valence-electron chi connectivity index (χ3n) is 5.86. The minimum Gasteiger partial charge on any atom is -0.374 e. The molecule has 0 fully saturated rings. The van der Waals surface area contributed by atoms with Gasteiger partial charge in [0.1, 0.15) is 23.1 Å². The molecule has 0 saturated heterocycles. The van der Waals surface area contributed by atoms with Gasteiger partial charge in [0.15, 0.2) is 11.6 Å². The number of rotatable bonds is 7. The maximum atomic E-state index is 15.9. The first kappa shape index (κ1) is 22.3. The highest BCUT2D eigenvalue weighted by atomic mass is 32.1. The molecule has 11 heteroatoms. The molecule has 180 valence electrons. The van der Waals surface area contributed by atoms with Crippen LogP contribution in [0, 0.1) is 5.82 Å². The van der Waals surface area contributed by atoms with E-state index in [4.69, 9.17) is 4.98 Å². The lowest BCUT2D eigenvalue weighted by Gasteiger charge is -2.13. The van der Waals surface area contributed by atoms with E-state index in [2.05, 4.69) is 35.5 Å². The number of aliphatic hydroxyl groups is 1. The van der Waals surface area contributed by atoms with Crippen molar-refractivity contribution < 1.29 is 9.50 Å². The number of H-pyrrole nitrogens is 2. The summed E-state index contributed by atoms with van der Waals surface area (Å²) in [5.41, 5.74) is 4.34. The number of imidazole rings is 1. The molecule has 6 heterocycles. The van der Waals surface area contributed by atoms with Gasteiger partial charge in [0.25, 0.3) is 0 Å². The summed E-state index contributed by atoms with van der Waals surface area (Å²) < 4.78 is 15.9. The zero-order chi connectivity index (χ0) is 24.6. The Morgan fingerprint density at radius 3 is 2.83 bits per heavy atom. The van der Waals surface area contributed by atoms with E-state index in [-0.39, 0.29) is 11.1 Å². The molecule has 0 aliphatic heterocycles. The highest BCUT2D eigenvalue weighted by Crippen LogP contribution is 2.35. The fraction of sp³-hybridized carbons (Fsp3) is 0.160. The molecule has 6 rings (SSSR count). The monoisotopic (exact) mass is 500 g/mol. The number of aromatic amines is 2. The van der Waals surface area contributed by atoms with E-state index >= 15 is 4.39 Å². The molecule has 0 saturated carbocycles. The van der Waals surface area contributed by atoms with Gasteiger partial charge >= 0.3 is 0 Å². The second kappa shape index (κ2) is 9.10. The molecule has 0 aliphatic rings. The van der Waals surface area contributed by atoms with Crippen molar-refractivity contribution in [3.05, 3.63) is 60.4 Å². The third-order valence-corrected chi connectivity index (χ3v) is 6.76. The summed E-state index contributed by atoms with van der Waals surface area (Å²) in [5.74, 6) is -0.115. The SMILES string of the molecule is CCCC(O)Nc1cncc(-c2ncc3[nH]nc(-c4nc5c(-c6cccs6)cncc5[nH]4)c3c2F)c1. The second-order valence-electron chi connectivity index (χ2n) is 8.34. The van der Waals surface area contributed by atoms with Gasteiger partial charge in [-0.1, -0.05) is 19.4 Å². The Bertz CT molecular complexity index is 1680.